The van der Waals surface area contributed by atoms with Crippen LogP contribution < -0.4 is 4.72 Å². The maximum Gasteiger partial charge on any atom is 0.501 e. The number of carbonyl (C=O) groups is 1. The highest BCUT2D eigenvalue weighted by Crippen LogP contribution is 2.30. The van der Waals surface area contributed by atoms with E-state index in [9.17, 15) is 34.8 Å². The minimum atomic E-state index is -5.46. The summed E-state index contributed by atoms with van der Waals surface area (Å²) in [6.07, 6.45) is 1.32. The summed E-state index contributed by atoms with van der Waals surface area (Å²) in [6.45, 7) is 2.31. The van der Waals surface area contributed by atoms with E-state index in [0.29, 0.717) is 19.3 Å². The molecule has 0 radical (unpaired) electrons. The van der Waals surface area contributed by atoms with Gasteiger partial charge < -0.3 is 4.90 Å². The van der Waals surface area contributed by atoms with Gasteiger partial charge in [-0.3, -0.25) is 4.79 Å². The van der Waals surface area contributed by atoms with Crippen molar-refractivity contribution in [3.63, 3.8) is 0 Å². The Labute approximate surface area is 161 Å². The first kappa shape index (κ1) is 22.6. The second-order valence-electron chi connectivity index (χ2n) is 6.48. The highest BCUT2D eigenvalue weighted by Gasteiger charge is 2.46. The van der Waals surface area contributed by atoms with Crippen LogP contribution in [0.2, 0.25) is 0 Å². The Balaban J connectivity index is 2.01. The zero-order valence-electron chi connectivity index (χ0n) is 15.1. The quantitative estimate of drug-likeness (QED) is 0.726. The van der Waals surface area contributed by atoms with E-state index in [0.717, 1.165) is 24.3 Å². The number of hydrogen-bond acceptors (Lipinski definition) is 5. The van der Waals surface area contributed by atoms with E-state index in [2.05, 4.69) is 4.72 Å². The summed E-state index contributed by atoms with van der Waals surface area (Å²) in [5, 5.41) is 0. The van der Waals surface area contributed by atoms with Gasteiger partial charge in [0.15, 0.2) is 0 Å². The van der Waals surface area contributed by atoms with Crippen molar-refractivity contribution in [3.8, 4) is 0 Å². The largest absolute Gasteiger partial charge is 0.501 e. The molecule has 1 aromatic rings. The van der Waals surface area contributed by atoms with Crippen LogP contribution in [0.1, 0.15) is 36.5 Å². The molecule has 2 rings (SSSR count). The fourth-order valence-electron chi connectivity index (χ4n) is 2.87. The molecule has 12 heteroatoms. The zero-order valence-corrected chi connectivity index (χ0v) is 16.7. The smallest absolute Gasteiger partial charge is 0.339 e. The third-order valence-electron chi connectivity index (χ3n) is 4.32. The molecule has 28 heavy (non-hydrogen) atoms. The zero-order chi connectivity index (χ0) is 21.2. The minimum Gasteiger partial charge on any atom is -0.339 e. The molecule has 1 aliphatic rings. The monoisotopic (exact) mass is 442 g/mol. The molecule has 0 unspecified atom stereocenters. The Kier molecular flexibility index (Phi) is 6.77. The number of nitrogens with zero attached hydrogens (tertiary/aromatic N) is 1. The lowest BCUT2D eigenvalue weighted by Gasteiger charge is -2.32. The van der Waals surface area contributed by atoms with Gasteiger partial charge in [-0.05, 0) is 43.5 Å². The van der Waals surface area contributed by atoms with Gasteiger partial charge in [-0.25, -0.2) is 21.6 Å². The number of likely N-dealkylation sites (tertiary alicyclic amines) is 1. The second kappa shape index (κ2) is 8.37. The summed E-state index contributed by atoms with van der Waals surface area (Å²) >= 11 is 0. The second-order valence-corrected chi connectivity index (χ2v) is 10.3. The summed E-state index contributed by atoms with van der Waals surface area (Å²) < 4.78 is 86.6. The number of amides is 1. The van der Waals surface area contributed by atoms with Gasteiger partial charge in [-0.15, -0.1) is 0 Å². The van der Waals surface area contributed by atoms with Crippen molar-refractivity contribution >= 4 is 25.8 Å². The topological polar surface area (TPSA) is 101 Å². The molecule has 1 aromatic carbocycles. The van der Waals surface area contributed by atoms with Crippen LogP contribution in [0, 0.1) is 0 Å². The molecule has 158 valence electrons. The first-order valence-corrected chi connectivity index (χ1v) is 11.7. The van der Waals surface area contributed by atoms with Crippen molar-refractivity contribution in [2.75, 3.05) is 18.8 Å². The molecule has 0 spiro atoms. The standard InChI is InChI=1S/C16H21F3N2O5S2/c1-2-11-27(23,24)20-13-7-9-21(10-8-13)15(22)12-3-5-14(6-4-12)28(25,26)16(17,18)19/h3-6,13,20H,2,7-11H2,1H3. The van der Waals surface area contributed by atoms with E-state index in [1.54, 1.807) is 6.92 Å². The van der Waals surface area contributed by atoms with Crippen LogP contribution in [0.3, 0.4) is 0 Å². The van der Waals surface area contributed by atoms with Crippen LogP contribution in [-0.2, 0) is 19.9 Å². The number of hydrogen-bond donors (Lipinski definition) is 1. The molecular weight excluding hydrogens is 421 g/mol. The molecule has 1 fully saturated rings. The summed E-state index contributed by atoms with van der Waals surface area (Å²) in [7, 11) is -8.82. The molecule has 1 amide bonds. The number of rotatable bonds is 6. The van der Waals surface area contributed by atoms with Crippen molar-refractivity contribution in [2.24, 2.45) is 0 Å². The highest BCUT2D eigenvalue weighted by atomic mass is 32.2. The predicted octanol–water partition coefficient (Wildman–Crippen LogP) is 1.91. The van der Waals surface area contributed by atoms with E-state index in [-0.39, 0.29) is 30.4 Å². The number of benzene rings is 1. The molecule has 0 aromatic heterocycles. The van der Waals surface area contributed by atoms with E-state index < -0.39 is 36.2 Å². The molecule has 0 aliphatic carbocycles. The number of nitrogens with one attached hydrogen (secondary N) is 1. The van der Waals surface area contributed by atoms with E-state index in [1.165, 1.54) is 4.90 Å². The van der Waals surface area contributed by atoms with Gasteiger partial charge in [0.25, 0.3) is 15.7 Å². The van der Waals surface area contributed by atoms with Gasteiger partial charge in [-0.2, -0.15) is 13.2 Å². The first-order valence-electron chi connectivity index (χ1n) is 8.58. The van der Waals surface area contributed by atoms with Gasteiger partial charge in [0, 0.05) is 24.7 Å². The molecule has 0 atom stereocenters. The Morgan fingerprint density at radius 1 is 1.11 bits per heavy atom. The Bertz CT molecular complexity index is 905. The van der Waals surface area contributed by atoms with Crippen molar-refractivity contribution < 1.29 is 34.8 Å². The van der Waals surface area contributed by atoms with Crippen molar-refractivity contribution in [3.05, 3.63) is 29.8 Å². The van der Waals surface area contributed by atoms with Crippen LogP contribution >= 0.6 is 0 Å². The third kappa shape index (κ3) is 5.23. The summed E-state index contributed by atoms with van der Waals surface area (Å²) in [4.78, 5) is 13.0. The Hall–Kier alpha value is -1.66. The lowest BCUT2D eigenvalue weighted by Crippen LogP contribution is -2.47. The van der Waals surface area contributed by atoms with Gasteiger partial charge in [0.2, 0.25) is 10.0 Å². The number of carbonyl (C=O) groups excluding carboxylic acids is 1. The summed E-state index contributed by atoms with van der Waals surface area (Å²) in [5.74, 6) is -0.426. The first-order chi connectivity index (χ1) is 12.9. The fourth-order valence-corrected chi connectivity index (χ4v) is 5.04. The molecule has 7 nitrogen and oxygen atoms in total. The Morgan fingerprint density at radius 3 is 2.11 bits per heavy atom. The van der Waals surface area contributed by atoms with E-state index >= 15 is 0 Å². The lowest BCUT2D eigenvalue weighted by atomic mass is 10.0. The van der Waals surface area contributed by atoms with Crippen LogP contribution in [-0.4, -0.2) is 58.0 Å². The SMILES string of the molecule is CCCS(=O)(=O)NC1CCN(C(=O)c2ccc(S(=O)(=O)C(F)(F)F)cc2)CC1. The van der Waals surface area contributed by atoms with Crippen LogP contribution in [0.5, 0.6) is 0 Å². The molecule has 1 saturated heterocycles. The van der Waals surface area contributed by atoms with Crippen LogP contribution in [0.25, 0.3) is 0 Å². The maximum atomic E-state index is 12.6. The van der Waals surface area contributed by atoms with Crippen molar-refractivity contribution in [2.45, 2.75) is 42.6 Å². The number of alkyl halides is 3. The fraction of sp³-hybridized carbons (Fsp3) is 0.562. The van der Waals surface area contributed by atoms with Gasteiger partial charge in [0.1, 0.15) is 0 Å². The third-order valence-corrected chi connectivity index (χ3v) is 7.46. The molecular formula is C16H21F3N2O5S2. The maximum absolute atomic E-state index is 12.6. The summed E-state index contributed by atoms with van der Waals surface area (Å²) in [6, 6.07) is 3.30. The normalized spacial score (nSPS) is 16.9. The van der Waals surface area contributed by atoms with Crippen molar-refractivity contribution in [1.82, 2.24) is 9.62 Å². The van der Waals surface area contributed by atoms with Gasteiger partial charge >= 0.3 is 5.51 Å². The van der Waals surface area contributed by atoms with E-state index in [4.69, 9.17) is 0 Å². The molecule has 0 bridgehead atoms. The highest BCUT2D eigenvalue weighted by molar-refractivity contribution is 7.92. The minimum absolute atomic E-state index is 0.0271. The van der Waals surface area contributed by atoms with E-state index in [1.807, 2.05) is 0 Å². The number of piperidine rings is 1. The van der Waals surface area contributed by atoms with Crippen LogP contribution in [0.15, 0.2) is 29.2 Å². The number of sulfone groups is 1. The van der Waals surface area contributed by atoms with Crippen LogP contribution in [0.4, 0.5) is 13.2 Å². The predicted molar refractivity (Wildman–Crippen MR) is 95.8 cm³/mol. The molecule has 1 heterocycles. The Morgan fingerprint density at radius 2 is 1.64 bits per heavy atom. The summed E-state index contributed by atoms with van der Waals surface area (Å²) in [5.41, 5.74) is -5.35. The van der Waals surface area contributed by atoms with Crippen molar-refractivity contribution in [1.29, 1.82) is 0 Å². The van der Waals surface area contributed by atoms with Gasteiger partial charge in [-0.1, -0.05) is 6.92 Å². The average Bonchev–Trinajstić information content (AvgIpc) is 2.60. The molecule has 0 saturated carbocycles. The number of halogens is 3. The lowest BCUT2D eigenvalue weighted by molar-refractivity contribution is -0.0436. The van der Waals surface area contributed by atoms with Gasteiger partial charge in [0.05, 0.1) is 10.6 Å². The molecule has 1 aliphatic heterocycles. The average molecular weight is 442 g/mol. The molecule has 1 N–H and O–H groups in total. The number of sulfonamides is 1.